The third kappa shape index (κ3) is 4.17. The van der Waals surface area contributed by atoms with Gasteiger partial charge in [0.2, 0.25) is 0 Å². The van der Waals surface area contributed by atoms with Crippen LogP contribution in [-0.2, 0) is 6.42 Å². The molecule has 0 radical (unpaired) electrons. The van der Waals surface area contributed by atoms with Gasteiger partial charge in [0.15, 0.2) is 0 Å². The zero-order chi connectivity index (χ0) is 16.9. The molecule has 0 bridgehead atoms. The molecule has 4 nitrogen and oxygen atoms in total. The van der Waals surface area contributed by atoms with Crippen molar-refractivity contribution in [2.24, 2.45) is 0 Å². The smallest absolute Gasteiger partial charge is 0.272 e. The Hall–Kier alpha value is -2.27. The van der Waals surface area contributed by atoms with Gasteiger partial charge in [-0.05, 0) is 49.1 Å². The van der Waals surface area contributed by atoms with Gasteiger partial charge in [0.05, 0.1) is 6.10 Å². The molecule has 24 heavy (non-hydrogen) atoms. The second kappa shape index (κ2) is 7.53. The third-order valence-electron chi connectivity index (χ3n) is 4.28. The molecule has 1 atom stereocenters. The number of aliphatic hydroxyl groups excluding tert-OH is 1. The number of nitrogens with zero attached hydrogens (tertiary/aromatic N) is 2. The summed E-state index contributed by atoms with van der Waals surface area (Å²) in [6, 6.07) is 11.8. The first kappa shape index (κ1) is 16.6. The number of carbonyl (C=O) groups is 1. The van der Waals surface area contributed by atoms with Crippen molar-refractivity contribution in [2.45, 2.75) is 31.8 Å². The molecule has 0 unspecified atom stereocenters. The molecule has 126 valence electrons. The number of aliphatic hydroxyl groups is 1. The maximum absolute atomic E-state index is 13.3. The van der Waals surface area contributed by atoms with Crippen molar-refractivity contribution in [3.8, 4) is 0 Å². The summed E-state index contributed by atoms with van der Waals surface area (Å²) in [6.45, 7) is 1.20. The zero-order valence-corrected chi connectivity index (χ0v) is 13.5. The lowest BCUT2D eigenvalue weighted by Crippen LogP contribution is -2.33. The quantitative estimate of drug-likeness (QED) is 0.943. The minimum atomic E-state index is -0.324. The van der Waals surface area contributed by atoms with Crippen molar-refractivity contribution >= 4 is 5.91 Å². The summed E-state index contributed by atoms with van der Waals surface area (Å²) in [6.07, 6.45) is 2.30. The number of hydrogen-bond donors (Lipinski definition) is 1. The predicted molar refractivity (Wildman–Crippen MR) is 89.2 cm³/mol. The van der Waals surface area contributed by atoms with Crippen LogP contribution in [0.25, 0.3) is 0 Å². The lowest BCUT2D eigenvalue weighted by atomic mass is 10.1. The predicted octanol–water partition coefficient (Wildman–Crippen LogP) is 2.80. The molecule has 2 aromatic rings. The first-order chi connectivity index (χ1) is 11.6. The number of pyridine rings is 1. The Morgan fingerprint density at radius 1 is 1.21 bits per heavy atom. The zero-order valence-electron chi connectivity index (χ0n) is 13.5. The van der Waals surface area contributed by atoms with Crippen LogP contribution in [0.2, 0.25) is 0 Å². The molecule has 1 aliphatic heterocycles. The number of halogens is 1. The molecule has 0 spiro atoms. The molecule has 1 N–H and O–H groups in total. The number of amides is 1. The Bertz CT molecular complexity index is 720. The van der Waals surface area contributed by atoms with E-state index in [9.17, 15) is 14.3 Å². The van der Waals surface area contributed by atoms with E-state index in [0.717, 1.165) is 24.1 Å². The lowest BCUT2D eigenvalue weighted by molar-refractivity contribution is 0.0747. The van der Waals surface area contributed by atoms with Crippen LogP contribution in [0.5, 0.6) is 0 Å². The average molecular weight is 328 g/mol. The highest BCUT2D eigenvalue weighted by Gasteiger charge is 2.21. The summed E-state index contributed by atoms with van der Waals surface area (Å²) < 4.78 is 13.3. The number of benzene rings is 1. The highest BCUT2D eigenvalue weighted by atomic mass is 19.1. The highest BCUT2D eigenvalue weighted by molar-refractivity contribution is 5.92. The Morgan fingerprint density at radius 3 is 2.88 bits per heavy atom. The molecule has 1 aromatic carbocycles. The van der Waals surface area contributed by atoms with Crippen LogP contribution >= 0.6 is 0 Å². The summed E-state index contributed by atoms with van der Waals surface area (Å²) in [5.41, 5.74) is 1.96. The summed E-state index contributed by atoms with van der Waals surface area (Å²) in [4.78, 5) is 18.8. The van der Waals surface area contributed by atoms with Crippen molar-refractivity contribution < 1.29 is 14.3 Å². The topological polar surface area (TPSA) is 53.4 Å². The second-order valence-electron chi connectivity index (χ2n) is 6.20. The van der Waals surface area contributed by atoms with Crippen LogP contribution in [0.1, 0.15) is 41.0 Å². The fraction of sp³-hybridized carbons (Fsp3) is 0.368. The first-order valence-corrected chi connectivity index (χ1v) is 8.29. The average Bonchev–Trinajstić information content (AvgIpc) is 2.79. The van der Waals surface area contributed by atoms with Crippen molar-refractivity contribution in [2.75, 3.05) is 13.1 Å². The molecule has 1 amide bonds. The normalized spacial score (nSPS) is 18.2. The summed E-state index contributed by atoms with van der Waals surface area (Å²) >= 11 is 0. The van der Waals surface area contributed by atoms with Crippen LogP contribution in [0.15, 0.2) is 42.5 Å². The standard InChI is InChI=1S/C19H21FN2O2/c20-15-5-1-4-14(12-15)13-16-6-2-8-18(21-16)19(24)22-10-3-7-17(23)9-11-22/h1-2,4-6,8,12,17,23H,3,7,9-11,13H2/t17-/m1/s1. The first-order valence-electron chi connectivity index (χ1n) is 8.29. The summed E-state index contributed by atoms with van der Waals surface area (Å²) in [5, 5.41) is 9.71. The molecular weight excluding hydrogens is 307 g/mol. The Balaban J connectivity index is 1.73. The van der Waals surface area contributed by atoms with Crippen LogP contribution in [0.3, 0.4) is 0 Å². The second-order valence-corrected chi connectivity index (χ2v) is 6.20. The maximum Gasteiger partial charge on any atom is 0.272 e. The van der Waals surface area contributed by atoms with E-state index in [1.807, 2.05) is 18.2 Å². The van der Waals surface area contributed by atoms with Crippen LogP contribution in [0, 0.1) is 5.82 Å². The number of likely N-dealkylation sites (tertiary alicyclic amines) is 1. The molecule has 1 aliphatic rings. The van der Waals surface area contributed by atoms with Crippen LogP contribution < -0.4 is 0 Å². The van der Waals surface area contributed by atoms with Gasteiger partial charge in [0.25, 0.3) is 5.91 Å². The fourth-order valence-corrected chi connectivity index (χ4v) is 3.00. The van der Waals surface area contributed by atoms with Crippen LogP contribution in [-0.4, -0.2) is 40.1 Å². The molecule has 0 aliphatic carbocycles. The van der Waals surface area contributed by atoms with Gasteiger partial charge in [-0.2, -0.15) is 0 Å². The van der Waals surface area contributed by atoms with Gasteiger partial charge in [0.1, 0.15) is 11.5 Å². The highest BCUT2D eigenvalue weighted by Crippen LogP contribution is 2.15. The van der Waals surface area contributed by atoms with E-state index in [4.69, 9.17) is 0 Å². The summed E-state index contributed by atoms with van der Waals surface area (Å²) in [5.74, 6) is -0.381. The Labute approximate surface area is 141 Å². The minimum absolute atomic E-state index is 0.106. The molecule has 1 saturated heterocycles. The Morgan fingerprint density at radius 2 is 2.04 bits per heavy atom. The SMILES string of the molecule is O=C(c1cccc(Cc2cccc(F)c2)n1)N1CCC[C@@H](O)CC1. The number of carbonyl (C=O) groups excluding carboxylic acids is 1. The van der Waals surface area contributed by atoms with Crippen molar-refractivity contribution in [1.29, 1.82) is 0 Å². The number of aromatic nitrogens is 1. The van der Waals surface area contributed by atoms with Crippen LogP contribution in [0.4, 0.5) is 4.39 Å². The van der Waals surface area contributed by atoms with Crippen molar-refractivity contribution in [3.05, 3.63) is 65.2 Å². The third-order valence-corrected chi connectivity index (χ3v) is 4.28. The largest absolute Gasteiger partial charge is 0.393 e. The minimum Gasteiger partial charge on any atom is -0.393 e. The number of hydrogen-bond acceptors (Lipinski definition) is 3. The molecule has 1 aromatic heterocycles. The van der Waals surface area contributed by atoms with E-state index in [1.165, 1.54) is 12.1 Å². The fourth-order valence-electron chi connectivity index (χ4n) is 3.00. The van der Waals surface area contributed by atoms with E-state index >= 15 is 0 Å². The van der Waals surface area contributed by atoms with E-state index < -0.39 is 0 Å². The van der Waals surface area contributed by atoms with Gasteiger partial charge in [0, 0.05) is 25.2 Å². The molecule has 5 heteroatoms. The van der Waals surface area contributed by atoms with Gasteiger partial charge < -0.3 is 10.0 Å². The molecular formula is C19H21FN2O2. The molecule has 2 heterocycles. The van der Waals surface area contributed by atoms with Crippen molar-refractivity contribution in [1.82, 2.24) is 9.88 Å². The van der Waals surface area contributed by atoms with E-state index in [1.54, 1.807) is 17.0 Å². The van der Waals surface area contributed by atoms with Gasteiger partial charge >= 0.3 is 0 Å². The Kier molecular flexibility index (Phi) is 5.20. The van der Waals surface area contributed by atoms with E-state index in [-0.39, 0.29) is 17.8 Å². The summed E-state index contributed by atoms with van der Waals surface area (Å²) in [7, 11) is 0. The lowest BCUT2D eigenvalue weighted by Gasteiger charge is -2.20. The van der Waals surface area contributed by atoms with E-state index in [2.05, 4.69) is 4.98 Å². The monoisotopic (exact) mass is 328 g/mol. The van der Waals surface area contributed by atoms with E-state index in [0.29, 0.717) is 31.6 Å². The van der Waals surface area contributed by atoms with Gasteiger partial charge in [-0.3, -0.25) is 4.79 Å². The van der Waals surface area contributed by atoms with Gasteiger partial charge in [-0.1, -0.05) is 18.2 Å². The van der Waals surface area contributed by atoms with Crippen molar-refractivity contribution in [3.63, 3.8) is 0 Å². The van der Waals surface area contributed by atoms with Gasteiger partial charge in [-0.15, -0.1) is 0 Å². The molecule has 0 saturated carbocycles. The number of rotatable bonds is 3. The molecule has 3 rings (SSSR count). The maximum atomic E-state index is 13.3. The molecule has 1 fully saturated rings. The van der Waals surface area contributed by atoms with Gasteiger partial charge in [-0.25, -0.2) is 9.37 Å².